The van der Waals surface area contributed by atoms with Crippen LogP contribution in [0.4, 0.5) is 0 Å². The SMILES string of the molecule is C=CC(=O)C(=O)C(=O)OCc1ccccc1. The van der Waals surface area contributed by atoms with E-state index in [1.165, 1.54) is 0 Å². The molecule has 0 saturated heterocycles. The molecule has 1 aromatic rings. The van der Waals surface area contributed by atoms with E-state index in [1.807, 2.05) is 6.07 Å². The molecule has 0 aliphatic heterocycles. The minimum absolute atomic E-state index is 0.0319. The second kappa shape index (κ2) is 5.60. The van der Waals surface area contributed by atoms with E-state index >= 15 is 0 Å². The lowest BCUT2D eigenvalue weighted by Crippen LogP contribution is -2.24. The molecule has 0 aliphatic carbocycles. The highest BCUT2D eigenvalue weighted by atomic mass is 16.5. The summed E-state index contributed by atoms with van der Waals surface area (Å²) >= 11 is 0. The summed E-state index contributed by atoms with van der Waals surface area (Å²) in [4.78, 5) is 32.9. The van der Waals surface area contributed by atoms with Crippen LogP contribution in [0.5, 0.6) is 0 Å². The third-order valence-electron chi connectivity index (χ3n) is 1.81. The van der Waals surface area contributed by atoms with Gasteiger partial charge in [0.15, 0.2) is 0 Å². The smallest absolute Gasteiger partial charge is 0.383 e. The number of hydrogen-bond donors (Lipinski definition) is 0. The number of ketones is 2. The molecule has 0 radical (unpaired) electrons. The average Bonchev–Trinajstić information content (AvgIpc) is 2.35. The van der Waals surface area contributed by atoms with Crippen molar-refractivity contribution in [3.8, 4) is 0 Å². The minimum Gasteiger partial charge on any atom is -0.455 e. The molecule has 1 rings (SSSR count). The number of carbonyl (C=O) groups is 3. The van der Waals surface area contributed by atoms with Crippen molar-refractivity contribution in [1.29, 1.82) is 0 Å². The van der Waals surface area contributed by atoms with E-state index in [2.05, 4.69) is 11.3 Å². The zero-order valence-electron chi connectivity index (χ0n) is 8.51. The molecule has 0 heterocycles. The second-order valence-electron chi connectivity index (χ2n) is 2.96. The topological polar surface area (TPSA) is 60.4 Å². The molecule has 4 heteroatoms. The number of allylic oxidation sites excluding steroid dienone is 1. The Morgan fingerprint density at radius 3 is 2.38 bits per heavy atom. The van der Waals surface area contributed by atoms with Gasteiger partial charge in [0.2, 0.25) is 5.78 Å². The van der Waals surface area contributed by atoms with Gasteiger partial charge in [-0.15, -0.1) is 0 Å². The Bertz CT molecular complexity index is 420. The minimum atomic E-state index is -1.20. The van der Waals surface area contributed by atoms with Gasteiger partial charge in [-0.25, -0.2) is 4.79 Å². The van der Waals surface area contributed by atoms with Crippen LogP contribution in [0, 0.1) is 0 Å². The zero-order valence-corrected chi connectivity index (χ0v) is 8.51. The van der Waals surface area contributed by atoms with Crippen molar-refractivity contribution in [2.45, 2.75) is 6.61 Å². The van der Waals surface area contributed by atoms with Crippen LogP contribution < -0.4 is 0 Å². The molecule has 0 bridgehead atoms. The van der Waals surface area contributed by atoms with E-state index in [4.69, 9.17) is 0 Å². The molecule has 0 saturated carbocycles. The Morgan fingerprint density at radius 2 is 1.81 bits per heavy atom. The lowest BCUT2D eigenvalue weighted by Gasteiger charge is -2.02. The molecule has 0 spiro atoms. The van der Waals surface area contributed by atoms with Crippen LogP contribution in [0.2, 0.25) is 0 Å². The maximum Gasteiger partial charge on any atom is 0.383 e. The van der Waals surface area contributed by atoms with Crippen molar-refractivity contribution >= 4 is 17.5 Å². The third-order valence-corrected chi connectivity index (χ3v) is 1.81. The Labute approximate surface area is 92.5 Å². The largest absolute Gasteiger partial charge is 0.455 e. The van der Waals surface area contributed by atoms with Crippen LogP contribution in [0.15, 0.2) is 43.0 Å². The molecule has 1 aromatic carbocycles. The van der Waals surface area contributed by atoms with Crippen LogP contribution in [0.3, 0.4) is 0 Å². The highest BCUT2D eigenvalue weighted by molar-refractivity contribution is 6.64. The summed E-state index contributed by atoms with van der Waals surface area (Å²) in [6, 6.07) is 8.86. The highest BCUT2D eigenvalue weighted by Gasteiger charge is 2.21. The van der Waals surface area contributed by atoms with Crippen LogP contribution in [-0.4, -0.2) is 17.5 Å². The number of esters is 1. The Hall–Kier alpha value is -2.23. The lowest BCUT2D eigenvalue weighted by molar-refractivity contribution is -0.156. The van der Waals surface area contributed by atoms with Gasteiger partial charge in [0.1, 0.15) is 6.61 Å². The first-order chi connectivity index (χ1) is 7.65. The van der Waals surface area contributed by atoms with E-state index in [0.29, 0.717) is 0 Å². The molecule has 4 nitrogen and oxygen atoms in total. The summed E-state index contributed by atoms with van der Waals surface area (Å²) in [5.41, 5.74) is 0.745. The Balaban J connectivity index is 2.51. The summed E-state index contributed by atoms with van der Waals surface area (Å²) in [6.07, 6.45) is 0.784. The van der Waals surface area contributed by atoms with Gasteiger partial charge < -0.3 is 4.74 Å². The molecule has 0 unspecified atom stereocenters. The fourth-order valence-corrected chi connectivity index (χ4v) is 0.982. The first-order valence-corrected chi connectivity index (χ1v) is 4.57. The number of rotatable bonds is 5. The van der Waals surface area contributed by atoms with Gasteiger partial charge in [-0.1, -0.05) is 36.9 Å². The summed E-state index contributed by atoms with van der Waals surface area (Å²) in [5, 5.41) is 0. The molecule has 0 aliphatic rings. The lowest BCUT2D eigenvalue weighted by atomic mass is 10.2. The van der Waals surface area contributed by atoms with Crippen LogP contribution in [-0.2, 0) is 25.7 Å². The predicted octanol–water partition coefficient (Wildman–Crippen LogP) is 1.05. The van der Waals surface area contributed by atoms with Crippen LogP contribution in [0.1, 0.15) is 5.56 Å². The molecule has 0 fully saturated rings. The quantitative estimate of drug-likeness (QED) is 0.321. The Morgan fingerprint density at radius 1 is 1.19 bits per heavy atom. The van der Waals surface area contributed by atoms with Crippen LogP contribution >= 0.6 is 0 Å². The molecule has 0 aromatic heterocycles. The summed E-state index contributed by atoms with van der Waals surface area (Å²) < 4.78 is 4.66. The molecule has 0 amide bonds. The number of ether oxygens (including phenoxy) is 1. The molecule has 16 heavy (non-hydrogen) atoms. The molecule has 0 N–H and O–H groups in total. The maximum atomic E-state index is 11.1. The standard InChI is InChI=1S/C12H10O4/c1-2-10(13)11(14)12(15)16-8-9-6-4-3-5-7-9/h2-7H,1,8H2. The first kappa shape index (κ1) is 11.8. The van der Waals surface area contributed by atoms with Gasteiger partial charge in [0.05, 0.1) is 0 Å². The van der Waals surface area contributed by atoms with E-state index in [1.54, 1.807) is 24.3 Å². The number of benzene rings is 1. The highest BCUT2D eigenvalue weighted by Crippen LogP contribution is 2.01. The molecule has 82 valence electrons. The molecular weight excluding hydrogens is 208 g/mol. The van der Waals surface area contributed by atoms with Crippen LogP contribution in [0.25, 0.3) is 0 Å². The summed E-state index contributed by atoms with van der Waals surface area (Å²) in [5.74, 6) is -3.32. The molecule has 0 atom stereocenters. The second-order valence-corrected chi connectivity index (χ2v) is 2.96. The zero-order chi connectivity index (χ0) is 12.0. The van der Waals surface area contributed by atoms with Gasteiger partial charge in [0, 0.05) is 0 Å². The first-order valence-electron chi connectivity index (χ1n) is 4.57. The van der Waals surface area contributed by atoms with Crippen molar-refractivity contribution in [1.82, 2.24) is 0 Å². The van der Waals surface area contributed by atoms with Gasteiger partial charge in [-0.3, -0.25) is 9.59 Å². The van der Waals surface area contributed by atoms with Gasteiger partial charge in [-0.05, 0) is 11.6 Å². The number of carbonyl (C=O) groups excluding carboxylic acids is 3. The molecular formula is C12H10O4. The van der Waals surface area contributed by atoms with E-state index in [9.17, 15) is 14.4 Å². The summed E-state index contributed by atoms with van der Waals surface area (Å²) in [7, 11) is 0. The normalized spacial score (nSPS) is 9.25. The monoisotopic (exact) mass is 218 g/mol. The Kier molecular flexibility index (Phi) is 4.15. The van der Waals surface area contributed by atoms with Crippen molar-refractivity contribution in [3.05, 3.63) is 48.6 Å². The van der Waals surface area contributed by atoms with E-state index in [-0.39, 0.29) is 6.61 Å². The predicted molar refractivity (Wildman–Crippen MR) is 56.4 cm³/mol. The van der Waals surface area contributed by atoms with E-state index in [0.717, 1.165) is 11.6 Å². The van der Waals surface area contributed by atoms with Gasteiger partial charge in [0.25, 0.3) is 0 Å². The third kappa shape index (κ3) is 3.16. The van der Waals surface area contributed by atoms with Crippen molar-refractivity contribution < 1.29 is 19.1 Å². The number of hydrogen-bond acceptors (Lipinski definition) is 4. The van der Waals surface area contributed by atoms with E-state index < -0.39 is 17.5 Å². The number of Topliss-reactive ketones (excluding diaryl/α,β-unsaturated/α-hetero) is 1. The van der Waals surface area contributed by atoms with Gasteiger partial charge in [-0.2, -0.15) is 0 Å². The van der Waals surface area contributed by atoms with Crippen molar-refractivity contribution in [2.24, 2.45) is 0 Å². The van der Waals surface area contributed by atoms with Crippen molar-refractivity contribution in [3.63, 3.8) is 0 Å². The van der Waals surface area contributed by atoms with Gasteiger partial charge >= 0.3 is 11.8 Å². The average molecular weight is 218 g/mol. The fraction of sp³-hybridized carbons (Fsp3) is 0.0833. The fourth-order valence-electron chi connectivity index (χ4n) is 0.982. The van der Waals surface area contributed by atoms with Crippen molar-refractivity contribution in [2.75, 3.05) is 0 Å². The maximum absolute atomic E-state index is 11.1. The summed E-state index contributed by atoms with van der Waals surface area (Å²) in [6.45, 7) is 3.07.